The molecule has 0 heterocycles. The number of carboxylic acids is 1. The number of amides is 2. The van der Waals surface area contributed by atoms with Crippen molar-refractivity contribution in [2.75, 3.05) is 0 Å². The maximum atomic E-state index is 12.9. The lowest BCUT2D eigenvalue weighted by Gasteiger charge is -2.27. The summed E-state index contributed by atoms with van der Waals surface area (Å²) in [4.78, 5) is 37.7. The molecule has 222 valence electrons. The van der Waals surface area contributed by atoms with Crippen molar-refractivity contribution in [1.29, 1.82) is 0 Å². The van der Waals surface area contributed by atoms with E-state index in [0.29, 0.717) is 22.3 Å². The Balaban J connectivity index is 1.44. The number of halogens is 6. The molecule has 0 radical (unpaired) electrons. The van der Waals surface area contributed by atoms with Gasteiger partial charge in [0.05, 0.1) is 11.1 Å². The lowest BCUT2D eigenvalue weighted by atomic mass is 10.0. The molecule has 43 heavy (non-hydrogen) atoms. The summed E-state index contributed by atoms with van der Waals surface area (Å²) in [6.07, 6.45) is -8.96. The van der Waals surface area contributed by atoms with Crippen LogP contribution in [0.15, 0.2) is 97.1 Å². The average Bonchev–Trinajstić information content (AvgIpc) is 2.96. The Morgan fingerprint density at radius 3 is 1.00 bits per heavy atom. The first-order valence-electron chi connectivity index (χ1n) is 12.5. The smallest absolute Gasteiger partial charge is 0.416 e. The maximum Gasteiger partial charge on any atom is 0.416 e. The van der Waals surface area contributed by atoms with Crippen molar-refractivity contribution >= 4 is 17.8 Å². The molecule has 6 nitrogen and oxygen atoms in total. The zero-order chi connectivity index (χ0) is 31.6. The Labute approximate surface area is 241 Å². The highest BCUT2D eigenvalue weighted by Gasteiger charge is 2.37. The number of hydrogen-bond donors (Lipinski definition) is 3. The van der Waals surface area contributed by atoms with Gasteiger partial charge in [0.2, 0.25) is 5.66 Å². The van der Waals surface area contributed by atoms with Gasteiger partial charge in [0, 0.05) is 11.1 Å². The first-order chi connectivity index (χ1) is 20.1. The SMILES string of the molecule is CC(NC(=O)c1ccc(-c2ccc(C(F)(F)F)cc2)cc1)(NC(=O)c1ccc(-c2ccc(C(F)(F)F)cc2)cc1)C(=O)O. The van der Waals surface area contributed by atoms with Gasteiger partial charge in [0.15, 0.2) is 0 Å². The van der Waals surface area contributed by atoms with Gasteiger partial charge < -0.3 is 15.7 Å². The van der Waals surface area contributed by atoms with Crippen LogP contribution in [0.5, 0.6) is 0 Å². The molecule has 0 atom stereocenters. The summed E-state index contributed by atoms with van der Waals surface area (Å²) in [6, 6.07) is 20.2. The zero-order valence-corrected chi connectivity index (χ0v) is 22.2. The number of alkyl halides is 6. The standard InChI is InChI=1S/C31H22F6N2O4/c1-29(28(42)43,38-26(40)22-6-2-18(3-7-22)20-10-14-24(15-11-20)30(32,33)34)39-27(41)23-8-4-19(5-9-23)21-12-16-25(17-13-21)31(35,36)37/h2-17H,1H3,(H,38,40)(H,39,41)(H,42,43). The molecule has 4 rings (SSSR count). The lowest BCUT2D eigenvalue weighted by Crippen LogP contribution is -2.63. The molecular formula is C31H22F6N2O4. The van der Waals surface area contributed by atoms with Gasteiger partial charge in [-0.3, -0.25) is 9.59 Å². The van der Waals surface area contributed by atoms with Gasteiger partial charge in [-0.1, -0.05) is 48.5 Å². The molecule has 0 fully saturated rings. The van der Waals surface area contributed by atoms with Gasteiger partial charge in [0.25, 0.3) is 11.8 Å². The van der Waals surface area contributed by atoms with Crippen LogP contribution in [0.2, 0.25) is 0 Å². The minimum atomic E-state index is -4.48. The Hall–Kier alpha value is -5.13. The topological polar surface area (TPSA) is 95.5 Å². The van der Waals surface area contributed by atoms with Crippen molar-refractivity contribution in [2.45, 2.75) is 24.9 Å². The molecule has 0 aliphatic carbocycles. The van der Waals surface area contributed by atoms with E-state index in [0.717, 1.165) is 31.2 Å². The fraction of sp³-hybridized carbons (Fsp3) is 0.129. The third kappa shape index (κ3) is 7.21. The van der Waals surface area contributed by atoms with Crippen LogP contribution in [0.1, 0.15) is 38.8 Å². The van der Waals surface area contributed by atoms with Gasteiger partial charge in [-0.15, -0.1) is 0 Å². The van der Waals surface area contributed by atoms with E-state index >= 15 is 0 Å². The van der Waals surface area contributed by atoms with E-state index in [-0.39, 0.29) is 11.1 Å². The summed E-state index contributed by atoms with van der Waals surface area (Å²) >= 11 is 0. The minimum Gasteiger partial charge on any atom is -0.478 e. The Bertz CT molecular complexity index is 1510. The molecule has 0 aliphatic rings. The molecule has 0 aromatic heterocycles. The molecule has 0 saturated carbocycles. The van der Waals surface area contributed by atoms with Crippen LogP contribution in [0.3, 0.4) is 0 Å². The van der Waals surface area contributed by atoms with Crippen LogP contribution in [0.4, 0.5) is 26.3 Å². The number of carboxylic acid groups (broad SMARTS) is 1. The second-order valence-electron chi connectivity index (χ2n) is 9.64. The normalized spacial score (nSPS) is 12.0. The highest BCUT2D eigenvalue weighted by Crippen LogP contribution is 2.32. The number of benzene rings is 4. The molecule has 0 unspecified atom stereocenters. The molecule has 0 bridgehead atoms. The van der Waals surface area contributed by atoms with Crippen molar-refractivity contribution in [3.8, 4) is 22.3 Å². The first-order valence-corrected chi connectivity index (χ1v) is 12.5. The van der Waals surface area contributed by atoms with Crippen LogP contribution in [-0.4, -0.2) is 28.6 Å². The van der Waals surface area contributed by atoms with Crippen molar-refractivity contribution in [3.63, 3.8) is 0 Å². The van der Waals surface area contributed by atoms with E-state index in [1.807, 2.05) is 0 Å². The van der Waals surface area contributed by atoms with Crippen LogP contribution < -0.4 is 10.6 Å². The predicted molar refractivity (Wildman–Crippen MR) is 145 cm³/mol. The van der Waals surface area contributed by atoms with Crippen LogP contribution in [0, 0.1) is 0 Å². The quantitative estimate of drug-likeness (QED) is 0.157. The summed E-state index contributed by atoms with van der Waals surface area (Å²) in [7, 11) is 0. The number of aliphatic carboxylic acids is 1. The van der Waals surface area contributed by atoms with E-state index in [4.69, 9.17) is 0 Å². The van der Waals surface area contributed by atoms with Crippen molar-refractivity contribution in [3.05, 3.63) is 119 Å². The summed E-state index contributed by atoms with van der Waals surface area (Å²) < 4.78 is 76.9. The molecule has 0 spiro atoms. The molecule has 0 saturated heterocycles. The Kier molecular flexibility index (Phi) is 8.34. The monoisotopic (exact) mass is 600 g/mol. The largest absolute Gasteiger partial charge is 0.478 e. The van der Waals surface area contributed by atoms with Crippen LogP contribution in [-0.2, 0) is 17.1 Å². The van der Waals surface area contributed by atoms with E-state index in [9.17, 15) is 45.8 Å². The van der Waals surface area contributed by atoms with Gasteiger partial charge in [-0.2, -0.15) is 26.3 Å². The van der Waals surface area contributed by atoms with Gasteiger partial charge >= 0.3 is 18.3 Å². The van der Waals surface area contributed by atoms with Crippen molar-refractivity contribution in [2.24, 2.45) is 0 Å². The lowest BCUT2D eigenvalue weighted by molar-refractivity contribution is -0.144. The summed E-state index contributed by atoms with van der Waals surface area (Å²) in [5, 5.41) is 14.3. The van der Waals surface area contributed by atoms with E-state index in [1.54, 1.807) is 0 Å². The van der Waals surface area contributed by atoms with Gasteiger partial charge in [-0.25, -0.2) is 4.79 Å². The summed E-state index contributed by atoms with van der Waals surface area (Å²) in [6.45, 7) is 1.07. The second kappa shape index (κ2) is 11.6. The molecule has 3 N–H and O–H groups in total. The minimum absolute atomic E-state index is 0.0262. The third-order valence-corrected chi connectivity index (χ3v) is 6.54. The van der Waals surface area contributed by atoms with Crippen LogP contribution in [0.25, 0.3) is 22.3 Å². The molecule has 4 aromatic carbocycles. The Morgan fingerprint density at radius 2 is 0.767 bits per heavy atom. The highest BCUT2D eigenvalue weighted by molar-refractivity contribution is 6.02. The Morgan fingerprint density at radius 1 is 0.512 bits per heavy atom. The zero-order valence-electron chi connectivity index (χ0n) is 22.2. The predicted octanol–water partition coefficient (Wildman–Crippen LogP) is 7.02. The molecule has 4 aromatic rings. The third-order valence-electron chi connectivity index (χ3n) is 6.54. The molecule has 12 heteroatoms. The van der Waals surface area contributed by atoms with Gasteiger partial charge in [0.1, 0.15) is 0 Å². The number of nitrogens with one attached hydrogen (secondary N) is 2. The van der Waals surface area contributed by atoms with Gasteiger partial charge in [-0.05, 0) is 77.7 Å². The second-order valence-corrected chi connectivity index (χ2v) is 9.64. The highest BCUT2D eigenvalue weighted by atomic mass is 19.4. The number of carbonyl (C=O) groups is 3. The first kappa shape index (κ1) is 30.8. The molecular weight excluding hydrogens is 578 g/mol. The number of hydrogen-bond acceptors (Lipinski definition) is 3. The van der Waals surface area contributed by atoms with E-state index in [1.165, 1.54) is 72.8 Å². The molecule has 0 aliphatic heterocycles. The maximum absolute atomic E-state index is 12.9. The number of rotatable bonds is 7. The summed E-state index contributed by atoms with van der Waals surface area (Å²) in [5.74, 6) is -3.26. The van der Waals surface area contributed by atoms with Crippen molar-refractivity contribution < 1.29 is 45.8 Å². The summed E-state index contributed by atoms with van der Waals surface area (Å²) in [5.41, 5.74) is -1.85. The van der Waals surface area contributed by atoms with Crippen molar-refractivity contribution in [1.82, 2.24) is 10.6 Å². The van der Waals surface area contributed by atoms with E-state index in [2.05, 4.69) is 10.6 Å². The molecule has 2 amide bonds. The number of carbonyl (C=O) groups excluding carboxylic acids is 2. The van der Waals surface area contributed by atoms with E-state index < -0.39 is 46.9 Å². The average molecular weight is 601 g/mol. The fourth-order valence-electron chi connectivity index (χ4n) is 4.07. The fourth-order valence-corrected chi connectivity index (χ4v) is 4.07. The van der Waals surface area contributed by atoms with Crippen LogP contribution >= 0.6 is 0 Å².